The zero-order valence-electron chi connectivity index (χ0n) is 9.21. The van der Waals surface area contributed by atoms with Gasteiger partial charge in [-0.3, -0.25) is 10.2 Å². The molecule has 0 spiro atoms. The van der Waals surface area contributed by atoms with Crippen LogP contribution in [0.2, 0.25) is 0 Å². The van der Waals surface area contributed by atoms with E-state index in [1.807, 2.05) is 0 Å². The second kappa shape index (κ2) is 4.56. The van der Waals surface area contributed by atoms with Crippen LogP contribution in [0.4, 0.5) is 0 Å². The monoisotopic (exact) mass is 232 g/mol. The van der Waals surface area contributed by atoms with Crippen LogP contribution in [-0.4, -0.2) is 69.1 Å². The third kappa shape index (κ3) is 2.09. The number of aliphatic hydroxyl groups excluding tert-OH is 3. The largest absolute Gasteiger partial charge is 0.392 e. The average Bonchev–Trinajstić information content (AvgIpc) is 2.62. The van der Waals surface area contributed by atoms with E-state index < -0.39 is 17.9 Å². The summed E-state index contributed by atoms with van der Waals surface area (Å²) in [5.74, 6) is 0. The number of nitrogens with zero attached hydrogens (tertiary/aromatic N) is 1. The number of hydrogen-bond donors (Lipinski definition) is 5. The van der Waals surface area contributed by atoms with Crippen LogP contribution in [0.3, 0.4) is 0 Å². The maximum atomic E-state index is 10.2. The Labute approximate surface area is 94.5 Å². The van der Waals surface area contributed by atoms with Crippen LogP contribution in [0.25, 0.3) is 0 Å². The molecule has 2 saturated heterocycles. The van der Waals surface area contributed by atoms with Crippen LogP contribution in [-0.2, 0) is 0 Å². The molecule has 5 N–H and O–H groups in total. The molecule has 16 heavy (non-hydrogen) atoms. The van der Waals surface area contributed by atoms with Crippen molar-refractivity contribution < 1.29 is 20.4 Å². The van der Waals surface area contributed by atoms with Gasteiger partial charge in [0.2, 0.25) is 0 Å². The Bertz CT molecular complexity index is 253. The number of hydrogen-bond acceptors (Lipinski definition) is 6. The van der Waals surface area contributed by atoms with Crippen LogP contribution in [0.15, 0.2) is 0 Å². The first-order chi connectivity index (χ1) is 7.57. The first-order valence-electron chi connectivity index (χ1n) is 5.76. The standard InChI is InChI=1S/C10H20N2O4/c13-6-10(16)2-1-3-12(10)9-8(15)4-7(14)5-11-9/h7-9,11,13-16H,1-6H2. The molecule has 2 rings (SSSR count). The minimum Gasteiger partial charge on any atom is -0.392 e. The number of rotatable bonds is 2. The lowest BCUT2D eigenvalue weighted by Crippen LogP contribution is -2.64. The van der Waals surface area contributed by atoms with Crippen LogP contribution in [0, 0.1) is 0 Å². The minimum absolute atomic E-state index is 0.301. The molecule has 2 fully saturated rings. The summed E-state index contributed by atoms with van der Waals surface area (Å²) in [5.41, 5.74) is -1.24. The summed E-state index contributed by atoms with van der Waals surface area (Å²) in [7, 11) is 0. The molecule has 6 nitrogen and oxygen atoms in total. The second-order valence-corrected chi connectivity index (χ2v) is 4.75. The van der Waals surface area contributed by atoms with E-state index in [-0.39, 0.29) is 12.8 Å². The van der Waals surface area contributed by atoms with Crippen molar-refractivity contribution in [2.24, 2.45) is 0 Å². The molecule has 94 valence electrons. The lowest BCUT2D eigenvalue weighted by molar-refractivity contribution is -0.163. The predicted molar refractivity (Wildman–Crippen MR) is 56.4 cm³/mol. The Morgan fingerprint density at radius 2 is 2.12 bits per heavy atom. The summed E-state index contributed by atoms with van der Waals surface area (Å²) >= 11 is 0. The summed E-state index contributed by atoms with van der Waals surface area (Å²) in [6.45, 7) is 0.710. The topological polar surface area (TPSA) is 96.2 Å². The van der Waals surface area contributed by atoms with Gasteiger partial charge >= 0.3 is 0 Å². The Kier molecular flexibility index (Phi) is 3.48. The predicted octanol–water partition coefficient (Wildman–Crippen LogP) is -2.20. The third-order valence-corrected chi connectivity index (χ3v) is 3.54. The zero-order chi connectivity index (χ0) is 11.8. The molecular formula is C10H20N2O4. The fraction of sp³-hybridized carbons (Fsp3) is 1.00. The highest BCUT2D eigenvalue weighted by atomic mass is 16.4. The summed E-state index contributed by atoms with van der Waals surface area (Å²) in [4.78, 5) is 1.70. The minimum atomic E-state index is -1.24. The second-order valence-electron chi connectivity index (χ2n) is 4.75. The summed E-state index contributed by atoms with van der Waals surface area (Å²) in [6, 6.07) is 0. The SMILES string of the molecule is OCC1(O)CCCN1C1NCC(O)CC1O. The third-order valence-electron chi connectivity index (χ3n) is 3.54. The smallest absolute Gasteiger partial charge is 0.143 e. The van der Waals surface area contributed by atoms with Crippen molar-refractivity contribution in [1.82, 2.24) is 10.2 Å². The Hall–Kier alpha value is -0.240. The molecule has 4 atom stereocenters. The average molecular weight is 232 g/mol. The van der Waals surface area contributed by atoms with Crippen LogP contribution >= 0.6 is 0 Å². The van der Waals surface area contributed by atoms with Crippen molar-refractivity contribution in [2.75, 3.05) is 19.7 Å². The van der Waals surface area contributed by atoms with Gasteiger partial charge in [-0.25, -0.2) is 0 Å². The molecule has 0 amide bonds. The molecule has 0 aromatic carbocycles. The normalized spacial score (nSPS) is 46.1. The Balaban J connectivity index is 2.06. The van der Waals surface area contributed by atoms with E-state index in [1.165, 1.54) is 0 Å². The maximum Gasteiger partial charge on any atom is 0.143 e. The zero-order valence-corrected chi connectivity index (χ0v) is 9.21. The fourth-order valence-electron chi connectivity index (χ4n) is 2.65. The highest BCUT2D eigenvalue weighted by molar-refractivity contribution is 4.94. The first-order valence-corrected chi connectivity index (χ1v) is 5.76. The molecule has 0 aromatic heterocycles. The van der Waals surface area contributed by atoms with Crippen molar-refractivity contribution in [3.63, 3.8) is 0 Å². The van der Waals surface area contributed by atoms with E-state index in [4.69, 9.17) is 0 Å². The number of aliphatic hydroxyl groups is 4. The molecule has 0 aromatic rings. The number of nitrogens with one attached hydrogen (secondary N) is 1. The molecule has 4 unspecified atom stereocenters. The molecule has 0 bridgehead atoms. The maximum absolute atomic E-state index is 10.2. The van der Waals surface area contributed by atoms with E-state index >= 15 is 0 Å². The molecule has 0 saturated carbocycles. The molecule has 2 aliphatic rings. The van der Waals surface area contributed by atoms with Gasteiger partial charge < -0.3 is 20.4 Å². The highest BCUT2D eigenvalue weighted by Gasteiger charge is 2.45. The Morgan fingerprint density at radius 3 is 2.75 bits per heavy atom. The Morgan fingerprint density at radius 1 is 1.38 bits per heavy atom. The van der Waals surface area contributed by atoms with Gasteiger partial charge in [0.1, 0.15) is 5.72 Å². The highest BCUT2D eigenvalue weighted by Crippen LogP contribution is 2.30. The van der Waals surface area contributed by atoms with Crippen LogP contribution in [0.1, 0.15) is 19.3 Å². The molecule has 0 radical (unpaired) electrons. The summed E-state index contributed by atoms with van der Waals surface area (Å²) in [5, 5.41) is 41.6. The van der Waals surface area contributed by atoms with Gasteiger partial charge in [-0.2, -0.15) is 0 Å². The first kappa shape index (κ1) is 12.2. The number of likely N-dealkylation sites (tertiary alicyclic amines) is 1. The van der Waals surface area contributed by atoms with Gasteiger partial charge in [0.25, 0.3) is 0 Å². The van der Waals surface area contributed by atoms with Crippen LogP contribution < -0.4 is 5.32 Å². The lowest BCUT2D eigenvalue weighted by Gasteiger charge is -2.43. The molecule has 0 aliphatic carbocycles. The van der Waals surface area contributed by atoms with E-state index in [2.05, 4.69) is 5.32 Å². The van der Waals surface area contributed by atoms with Crippen molar-refractivity contribution in [1.29, 1.82) is 0 Å². The van der Waals surface area contributed by atoms with Gasteiger partial charge in [-0.1, -0.05) is 0 Å². The van der Waals surface area contributed by atoms with E-state index in [1.54, 1.807) is 4.90 Å². The lowest BCUT2D eigenvalue weighted by atomic mass is 10.0. The number of piperidine rings is 1. The van der Waals surface area contributed by atoms with Crippen molar-refractivity contribution in [3.05, 3.63) is 0 Å². The van der Waals surface area contributed by atoms with Gasteiger partial charge in [0.15, 0.2) is 0 Å². The van der Waals surface area contributed by atoms with E-state index in [0.717, 1.165) is 6.42 Å². The van der Waals surface area contributed by atoms with Crippen molar-refractivity contribution >= 4 is 0 Å². The van der Waals surface area contributed by atoms with E-state index in [0.29, 0.717) is 25.9 Å². The molecule has 2 heterocycles. The van der Waals surface area contributed by atoms with Gasteiger partial charge in [0.05, 0.1) is 25.0 Å². The molecular weight excluding hydrogens is 212 g/mol. The van der Waals surface area contributed by atoms with Gasteiger partial charge in [-0.15, -0.1) is 0 Å². The summed E-state index contributed by atoms with van der Waals surface area (Å²) in [6.07, 6.45) is -0.0454. The quantitative estimate of drug-likeness (QED) is 0.371. The molecule has 6 heteroatoms. The number of β-amino-alcohol motifs (C(OH)–C–C–N with tert-alkyl or cyclic N) is 1. The van der Waals surface area contributed by atoms with Crippen molar-refractivity contribution in [2.45, 2.75) is 43.4 Å². The fourth-order valence-corrected chi connectivity index (χ4v) is 2.65. The van der Waals surface area contributed by atoms with E-state index in [9.17, 15) is 20.4 Å². The van der Waals surface area contributed by atoms with Crippen molar-refractivity contribution in [3.8, 4) is 0 Å². The summed E-state index contributed by atoms with van der Waals surface area (Å²) < 4.78 is 0. The molecule has 2 aliphatic heterocycles. The van der Waals surface area contributed by atoms with Crippen LogP contribution in [0.5, 0.6) is 0 Å². The van der Waals surface area contributed by atoms with Gasteiger partial charge in [-0.05, 0) is 12.8 Å². The van der Waals surface area contributed by atoms with Gasteiger partial charge in [0, 0.05) is 19.5 Å².